The average molecular weight is 226 g/mol. The maximum Gasteiger partial charge on any atom is 0.218 e. The number of hydrogen-bond acceptors (Lipinski definition) is 5. The summed E-state index contributed by atoms with van der Waals surface area (Å²) in [6, 6.07) is 1.27. The predicted molar refractivity (Wildman–Crippen MR) is 54.1 cm³/mol. The van der Waals surface area contributed by atoms with Gasteiger partial charge in [0.15, 0.2) is 21.5 Å². The molecule has 0 saturated carbocycles. The minimum Gasteiger partial charge on any atom is -0.464 e. The van der Waals surface area contributed by atoms with Crippen molar-refractivity contribution >= 4 is 9.84 Å². The molecule has 0 saturated heterocycles. The van der Waals surface area contributed by atoms with E-state index in [9.17, 15) is 8.42 Å². The Kier molecular flexibility index (Phi) is 3.63. The number of sulfone groups is 1. The molecule has 0 aliphatic rings. The molecule has 6 heteroatoms. The van der Waals surface area contributed by atoms with Gasteiger partial charge in [-0.1, -0.05) is 5.92 Å². The summed E-state index contributed by atoms with van der Waals surface area (Å²) in [5.74, 6) is 5.52. The van der Waals surface area contributed by atoms with Gasteiger partial charge >= 0.3 is 0 Å². The van der Waals surface area contributed by atoms with Gasteiger partial charge in [0.1, 0.15) is 6.33 Å². The van der Waals surface area contributed by atoms with Crippen molar-refractivity contribution in [1.29, 1.82) is 0 Å². The first-order valence-corrected chi connectivity index (χ1v) is 5.97. The Morgan fingerprint density at radius 2 is 2.20 bits per heavy atom. The van der Waals surface area contributed by atoms with Gasteiger partial charge < -0.3 is 4.74 Å². The first kappa shape index (κ1) is 11.5. The highest BCUT2D eigenvalue weighted by atomic mass is 32.2. The third-order valence-corrected chi connectivity index (χ3v) is 2.45. The van der Waals surface area contributed by atoms with E-state index in [1.807, 2.05) is 0 Å². The van der Waals surface area contributed by atoms with E-state index in [0.717, 1.165) is 12.6 Å². The molecule has 80 valence electrons. The highest BCUT2D eigenvalue weighted by Crippen LogP contribution is 2.10. The maximum absolute atomic E-state index is 11.1. The second-order valence-corrected chi connectivity index (χ2v) is 4.64. The molecule has 0 aromatic carbocycles. The lowest BCUT2D eigenvalue weighted by Gasteiger charge is -2.01. The minimum atomic E-state index is -3.32. The van der Waals surface area contributed by atoms with E-state index in [2.05, 4.69) is 21.8 Å². The first-order valence-electron chi connectivity index (χ1n) is 4.08. The molecule has 0 fully saturated rings. The van der Waals surface area contributed by atoms with Gasteiger partial charge in [0, 0.05) is 12.3 Å². The summed E-state index contributed by atoms with van der Waals surface area (Å²) < 4.78 is 27.4. The summed E-state index contributed by atoms with van der Waals surface area (Å²) in [5, 5.41) is -0.0584. The molecule has 0 bridgehead atoms. The number of aromatic nitrogens is 2. The van der Waals surface area contributed by atoms with Gasteiger partial charge in [-0.25, -0.2) is 18.4 Å². The Bertz CT molecular complexity index is 500. The highest BCUT2D eigenvalue weighted by molar-refractivity contribution is 7.90. The van der Waals surface area contributed by atoms with Gasteiger partial charge in [0.2, 0.25) is 5.88 Å². The molecule has 15 heavy (non-hydrogen) atoms. The predicted octanol–water partition coefficient (Wildman–Crippen LogP) is 0.282. The van der Waals surface area contributed by atoms with Gasteiger partial charge in [-0.05, 0) is 6.92 Å². The van der Waals surface area contributed by atoms with Crippen LogP contribution >= 0.6 is 0 Å². The number of ether oxygens (including phenoxy) is 1. The van der Waals surface area contributed by atoms with Crippen molar-refractivity contribution in [3.05, 3.63) is 12.4 Å². The van der Waals surface area contributed by atoms with E-state index in [1.54, 1.807) is 6.92 Å². The Balaban J connectivity index is 2.87. The van der Waals surface area contributed by atoms with Crippen LogP contribution in [-0.2, 0) is 9.84 Å². The lowest BCUT2D eigenvalue weighted by molar-refractivity contribution is 0.352. The fourth-order valence-corrected chi connectivity index (χ4v) is 1.34. The summed E-state index contributed by atoms with van der Waals surface area (Å²) in [5.41, 5.74) is 0. The largest absolute Gasteiger partial charge is 0.464 e. The van der Waals surface area contributed by atoms with Crippen molar-refractivity contribution in [3.63, 3.8) is 0 Å². The molecule has 0 atom stereocenters. The zero-order valence-electron chi connectivity index (χ0n) is 8.39. The van der Waals surface area contributed by atoms with Gasteiger partial charge in [0.25, 0.3) is 0 Å². The normalized spacial score (nSPS) is 10.3. The topological polar surface area (TPSA) is 69.2 Å². The summed E-state index contributed by atoms with van der Waals surface area (Å²) in [6.07, 6.45) is 2.22. The van der Waals surface area contributed by atoms with Crippen molar-refractivity contribution in [2.75, 3.05) is 12.9 Å². The molecule has 0 N–H and O–H groups in total. The lowest BCUT2D eigenvalue weighted by Crippen LogP contribution is -2.03. The average Bonchev–Trinajstić information content (AvgIpc) is 2.17. The standard InChI is InChI=1S/C9H10N2O3S/c1-3-4-5-14-8-6-9(11-7-10-8)15(2,12)13/h6-7H,5H2,1-2H3. The molecule has 1 rings (SSSR count). The molecule has 0 unspecified atom stereocenters. The zero-order chi connectivity index (χ0) is 11.3. The molecule has 0 radical (unpaired) electrons. The van der Waals surface area contributed by atoms with Crippen molar-refractivity contribution in [2.24, 2.45) is 0 Å². The van der Waals surface area contributed by atoms with E-state index in [4.69, 9.17) is 4.74 Å². The SMILES string of the molecule is CC#CCOc1cc(S(C)(=O)=O)ncn1. The van der Waals surface area contributed by atoms with Crippen LogP contribution < -0.4 is 4.74 Å². The van der Waals surface area contributed by atoms with E-state index in [-0.39, 0.29) is 17.5 Å². The fraction of sp³-hybridized carbons (Fsp3) is 0.333. The molecule has 5 nitrogen and oxygen atoms in total. The van der Waals surface area contributed by atoms with Crippen molar-refractivity contribution < 1.29 is 13.2 Å². The second kappa shape index (κ2) is 4.75. The van der Waals surface area contributed by atoms with Crippen LogP contribution in [0.3, 0.4) is 0 Å². The first-order chi connectivity index (χ1) is 7.04. The van der Waals surface area contributed by atoms with E-state index in [1.165, 1.54) is 6.07 Å². The molecular formula is C9H10N2O3S. The Hall–Kier alpha value is -1.61. The molecule has 1 heterocycles. The number of hydrogen-bond donors (Lipinski definition) is 0. The third kappa shape index (κ3) is 3.56. The van der Waals surface area contributed by atoms with Crippen LogP contribution in [0.15, 0.2) is 17.4 Å². The van der Waals surface area contributed by atoms with E-state index in [0.29, 0.717) is 0 Å². The maximum atomic E-state index is 11.1. The molecule has 0 amide bonds. The number of nitrogens with zero attached hydrogens (tertiary/aromatic N) is 2. The molecule has 1 aromatic rings. The zero-order valence-corrected chi connectivity index (χ0v) is 9.21. The minimum absolute atomic E-state index is 0.0584. The van der Waals surface area contributed by atoms with Gasteiger partial charge in [-0.2, -0.15) is 0 Å². The summed E-state index contributed by atoms with van der Waals surface area (Å²) >= 11 is 0. The number of rotatable bonds is 3. The Morgan fingerprint density at radius 3 is 2.80 bits per heavy atom. The smallest absolute Gasteiger partial charge is 0.218 e. The van der Waals surface area contributed by atoms with Crippen LogP contribution in [0.1, 0.15) is 6.92 Å². The van der Waals surface area contributed by atoms with Crippen LogP contribution in [0.4, 0.5) is 0 Å². The van der Waals surface area contributed by atoms with E-state index >= 15 is 0 Å². The fourth-order valence-electron chi connectivity index (χ4n) is 0.787. The second-order valence-electron chi connectivity index (χ2n) is 2.68. The van der Waals surface area contributed by atoms with Crippen LogP contribution in [0.2, 0.25) is 0 Å². The third-order valence-electron chi connectivity index (χ3n) is 1.47. The van der Waals surface area contributed by atoms with Crippen LogP contribution in [0, 0.1) is 11.8 Å². The quantitative estimate of drug-likeness (QED) is 0.547. The van der Waals surface area contributed by atoms with Crippen molar-refractivity contribution in [2.45, 2.75) is 11.9 Å². The van der Waals surface area contributed by atoms with E-state index < -0.39 is 9.84 Å². The van der Waals surface area contributed by atoms with Gasteiger partial charge in [-0.15, -0.1) is 5.92 Å². The monoisotopic (exact) mass is 226 g/mol. The summed E-state index contributed by atoms with van der Waals surface area (Å²) in [7, 11) is -3.32. The Morgan fingerprint density at radius 1 is 1.47 bits per heavy atom. The lowest BCUT2D eigenvalue weighted by atomic mass is 10.6. The molecule has 0 spiro atoms. The molecule has 1 aromatic heterocycles. The molecular weight excluding hydrogens is 216 g/mol. The van der Waals surface area contributed by atoms with Gasteiger partial charge in [-0.3, -0.25) is 0 Å². The van der Waals surface area contributed by atoms with Crippen LogP contribution in [0.5, 0.6) is 5.88 Å². The van der Waals surface area contributed by atoms with Gasteiger partial charge in [0.05, 0.1) is 0 Å². The van der Waals surface area contributed by atoms with Crippen molar-refractivity contribution in [3.8, 4) is 17.7 Å². The van der Waals surface area contributed by atoms with Crippen LogP contribution in [0.25, 0.3) is 0 Å². The van der Waals surface area contributed by atoms with Crippen LogP contribution in [-0.4, -0.2) is 31.2 Å². The molecule has 0 aliphatic heterocycles. The van der Waals surface area contributed by atoms with Crippen molar-refractivity contribution in [1.82, 2.24) is 9.97 Å². The summed E-state index contributed by atoms with van der Waals surface area (Å²) in [6.45, 7) is 1.86. The molecule has 0 aliphatic carbocycles. The Labute approximate surface area is 88.4 Å². The highest BCUT2D eigenvalue weighted by Gasteiger charge is 2.10. The summed E-state index contributed by atoms with van der Waals surface area (Å²) in [4.78, 5) is 7.38.